The zero-order chi connectivity index (χ0) is 19.6. The number of hydrogen-bond donors (Lipinski definition) is 1. The summed E-state index contributed by atoms with van der Waals surface area (Å²) in [5, 5.41) is 4.01. The molecule has 0 fully saturated rings. The lowest BCUT2D eigenvalue weighted by molar-refractivity contribution is 0.102. The minimum absolute atomic E-state index is 0.0184. The number of sulfone groups is 1. The van der Waals surface area contributed by atoms with E-state index in [1.54, 1.807) is 30.5 Å². The highest BCUT2D eigenvalue weighted by atomic mass is 35.5. The van der Waals surface area contributed by atoms with Crippen molar-refractivity contribution in [3.05, 3.63) is 74.7 Å². The third-order valence-corrected chi connectivity index (χ3v) is 6.47. The Morgan fingerprint density at radius 2 is 1.89 bits per heavy atom. The van der Waals surface area contributed by atoms with Gasteiger partial charge in [-0.1, -0.05) is 41.4 Å². The summed E-state index contributed by atoms with van der Waals surface area (Å²) in [5.41, 5.74) is 1.05. The standard InChI is InChI=1S/C18H14Cl2N2O3S2/c1-27(24,25)16-5-3-2-4-13(16)17(23)22-18-21-10-12(26-18)8-11-6-7-14(19)15(20)9-11/h2-7,9-10H,8H2,1H3,(H,21,22,23). The lowest BCUT2D eigenvalue weighted by Gasteiger charge is -2.06. The number of nitrogens with zero attached hydrogens (tertiary/aromatic N) is 1. The number of thiazole rings is 1. The van der Waals surface area contributed by atoms with Gasteiger partial charge in [-0.3, -0.25) is 10.1 Å². The molecule has 1 N–H and O–H groups in total. The zero-order valence-corrected chi connectivity index (χ0v) is 17.2. The van der Waals surface area contributed by atoms with Crippen LogP contribution in [0.3, 0.4) is 0 Å². The number of carbonyl (C=O) groups excluding carboxylic acids is 1. The van der Waals surface area contributed by atoms with E-state index in [1.807, 2.05) is 6.07 Å². The van der Waals surface area contributed by atoms with E-state index in [0.717, 1.165) is 16.7 Å². The summed E-state index contributed by atoms with van der Waals surface area (Å²) in [4.78, 5) is 17.6. The van der Waals surface area contributed by atoms with E-state index in [0.29, 0.717) is 21.6 Å². The molecule has 1 heterocycles. The molecule has 5 nitrogen and oxygen atoms in total. The number of anilines is 1. The summed E-state index contributed by atoms with van der Waals surface area (Å²) in [6.45, 7) is 0. The molecule has 0 saturated heterocycles. The van der Waals surface area contributed by atoms with Crippen LogP contribution in [0.1, 0.15) is 20.8 Å². The highest BCUT2D eigenvalue weighted by molar-refractivity contribution is 7.90. The van der Waals surface area contributed by atoms with Crippen molar-refractivity contribution in [1.29, 1.82) is 0 Å². The van der Waals surface area contributed by atoms with Gasteiger partial charge >= 0.3 is 0 Å². The fourth-order valence-corrected chi connectivity index (χ4v) is 4.49. The molecule has 9 heteroatoms. The Kier molecular flexibility index (Phi) is 5.86. The van der Waals surface area contributed by atoms with Crippen LogP contribution in [0.25, 0.3) is 0 Å². The van der Waals surface area contributed by atoms with Crippen molar-refractivity contribution in [3.63, 3.8) is 0 Å². The summed E-state index contributed by atoms with van der Waals surface area (Å²) in [6, 6.07) is 11.4. The molecule has 0 aliphatic rings. The van der Waals surface area contributed by atoms with Crippen molar-refractivity contribution in [2.24, 2.45) is 0 Å². The lowest BCUT2D eigenvalue weighted by atomic mass is 10.1. The van der Waals surface area contributed by atoms with Crippen molar-refractivity contribution in [1.82, 2.24) is 4.98 Å². The molecule has 0 saturated carbocycles. The van der Waals surface area contributed by atoms with Crippen LogP contribution in [0, 0.1) is 0 Å². The summed E-state index contributed by atoms with van der Waals surface area (Å²) < 4.78 is 23.7. The monoisotopic (exact) mass is 440 g/mol. The fraction of sp³-hybridized carbons (Fsp3) is 0.111. The SMILES string of the molecule is CS(=O)(=O)c1ccccc1C(=O)Nc1ncc(Cc2ccc(Cl)c(Cl)c2)s1. The maximum absolute atomic E-state index is 12.5. The number of rotatable bonds is 5. The summed E-state index contributed by atoms with van der Waals surface area (Å²) in [7, 11) is -3.52. The van der Waals surface area contributed by atoms with Crippen molar-refractivity contribution in [3.8, 4) is 0 Å². The molecule has 0 unspecified atom stereocenters. The van der Waals surface area contributed by atoms with Gasteiger partial charge in [0.25, 0.3) is 5.91 Å². The van der Waals surface area contributed by atoms with Gasteiger partial charge in [-0.25, -0.2) is 13.4 Å². The molecule has 140 valence electrons. The van der Waals surface area contributed by atoms with E-state index >= 15 is 0 Å². The molecule has 27 heavy (non-hydrogen) atoms. The van der Waals surface area contributed by atoms with Crippen LogP contribution in [0.2, 0.25) is 10.0 Å². The summed E-state index contributed by atoms with van der Waals surface area (Å²) in [5.74, 6) is -0.522. The molecule has 0 spiro atoms. The average molecular weight is 441 g/mol. The first-order valence-corrected chi connectivity index (χ1v) is 11.2. The molecule has 0 atom stereocenters. The average Bonchev–Trinajstić information content (AvgIpc) is 3.04. The van der Waals surface area contributed by atoms with Crippen molar-refractivity contribution < 1.29 is 13.2 Å². The Labute approximate surface area is 170 Å². The highest BCUT2D eigenvalue weighted by Gasteiger charge is 2.19. The van der Waals surface area contributed by atoms with E-state index in [9.17, 15) is 13.2 Å². The molecule has 0 radical (unpaired) electrons. The maximum atomic E-state index is 12.5. The molecular formula is C18H14Cl2N2O3S2. The quantitative estimate of drug-likeness (QED) is 0.623. The Balaban J connectivity index is 1.76. The second kappa shape index (κ2) is 7.98. The van der Waals surface area contributed by atoms with Crippen molar-refractivity contribution in [2.75, 3.05) is 11.6 Å². The van der Waals surface area contributed by atoms with E-state index in [-0.39, 0.29) is 10.5 Å². The van der Waals surface area contributed by atoms with Crippen LogP contribution in [-0.4, -0.2) is 25.6 Å². The number of benzene rings is 2. The Morgan fingerprint density at radius 3 is 2.59 bits per heavy atom. The fourth-order valence-electron chi connectivity index (χ4n) is 2.44. The van der Waals surface area contributed by atoms with E-state index in [1.165, 1.54) is 23.5 Å². The van der Waals surface area contributed by atoms with Crippen LogP contribution in [-0.2, 0) is 16.3 Å². The van der Waals surface area contributed by atoms with Crippen LogP contribution in [0.4, 0.5) is 5.13 Å². The first kappa shape index (κ1) is 19.8. The number of aromatic nitrogens is 1. The van der Waals surface area contributed by atoms with Gasteiger partial charge in [0, 0.05) is 23.8 Å². The minimum atomic E-state index is -3.52. The van der Waals surface area contributed by atoms with Gasteiger partial charge in [-0.15, -0.1) is 11.3 Å². The van der Waals surface area contributed by atoms with Crippen LogP contribution in [0.5, 0.6) is 0 Å². The molecule has 0 bridgehead atoms. The normalized spacial score (nSPS) is 11.4. The van der Waals surface area contributed by atoms with E-state index in [2.05, 4.69) is 10.3 Å². The van der Waals surface area contributed by atoms with Crippen LogP contribution < -0.4 is 5.32 Å². The molecular weight excluding hydrogens is 427 g/mol. The number of halogens is 2. The van der Waals surface area contributed by atoms with Crippen LogP contribution >= 0.6 is 34.5 Å². The Hall–Kier alpha value is -1.93. The largest absolute Gasteiger partial charge is 0.298 e. The van der Waals surface area contributed by atoms with Gasteiger partial charge in [0.05, 0.1) is 20.5 Å². The third kappa shape index (κ3) is 4.87. The van der Waals surface area contributed by atoms with Gasteiger partial charge in [-0.05, 0) is 29.8 Å². The zero-order valence-electron chi connectivity index (χ0n) is 14.1. The topological polar surface area (TPSA) is 76.1 Å². The summed E-state index contributed by atoms with van der Waals surface area (Å²) >= 11 is 13.2. The van der Waals surface area contributed by atoms with Gasteiger partial charge in [0.1, 0.15) is 0 Å². The predicted molar refractivity (Wildman–Crippen MR) is 109 cm³/mol. The number of nitrogens with one attached hydrogen (secondary N) is 1. The molecule has 1 aromatic heterocycles. The van der Waals surface area contributed by atoms with Gasteiger partial charge in [0.15, 0.2) is 15.0 Å². The second-order valence-electron chi connectivity index (χ2n) is 5.78. The van der Waals surface area contributed by atoms with Gasteiger partial charge in [0.2, 0.25) is 0 Å². The number of amides is 1. The Morgan fingerprint density at radius 1 is 1.15 bits per heavy atom. The second-order valence-corrected chi connectivity index (χ2v) is 9.69. The molecule has 0 aliphatic carbocycles. The molecule has 1 amide bonds. The van der Waals surface area contributed by atoms with E-state index in [4.69, 9.17) is 23.2 Å². The van der Waals surface area contributed by atoms with Gasteiger partial charge in [-0.2, -0.15) is 0 Å². The first-order chi connectivity index (χ1) is 12.7. The molecule has 0 aliphatic heterocycles. The minimum Gasteiger partial charge on any atom is -0.298 e. The van der Waals surface area contributed by atoms with Crippen molar-refractivity contribution >= 4 is 55.4 Å². The smallest absolute Gasteiger partial charge is 0.258 e. The van der Waals surface area contributed by atoms with Crippen molar-refractivity contribution in [2.45, 2.75) is 11.3 Å². The maximum Gasteiger partial charge on any atom is 0.258 e. The van der Waals surface area contributed by atoms with E-state index < -0.39 is 15.7 Å². The van der Waals surface area contributed by atoms with Crippen LogP contribution in [0.15, 0.2) is 53.6 Å². The Bertz CT molecular complexity index is 1110. The third-order valence-electron chi connectivity index (χ3n) is 3.67. The van der Waals surface area contributed by atoms with Gasteiger partial charge < -0.3 is 0 Å². The first-order valence-electron chi connectivity index (χ1n) is 7.73. The predicted octanol–water partition coefficient (Wildman–Crippen LogP) is 4.70. The molecule has 2 aromatic carbocycles. The number of carbonyl (C=O) groups is 1. The summed E-state index contributed by atoms with van der Waals surface area (Å²) in [6.07, 6.45) is 3.31. The number of hydrogen-bond acceptors (Lipinski definition) is 5. The highest BCUT2D eigenvalue weighted by Crippen LogP contribution is 2.27. The molecule has 3 rings (SSSR count). The lowest BCUT2D eigenvalue weighted by Crippen LogP contribution is -2.15. The molecule has 3 aromatic rings.